The molecule has 0 radical (unpaired) electrons. The van der Waals surface area contributed by atoms with Gasteiger partial charge in [0.2, 0.25) is 0 Å². The van der Waals surface area contributed by atoms with E-state index >= 15 is 0 Å². The summed E-state index contributed by atoms with van der Waals surface area (Å²) in [5.74, 6) is 1.05. The lowest BCUT2D eigenvalue weighted by molar-refractivity contribution is 0.0184. The van der Waals surface area contributed by atoms with E-state index in [1.165, 1.54) is 0 Å². The van der Waals surface area contributed by atoms with Crippen LogP contribution < -0.4 is 0 Å². The van der Waals surface area contributed by atoms with Crippen molar-refractivity contribution >= 4 is 0 Å². The summed E-state index contributed by atoms with van der Waals surface area (Å²) in [7, 11) is 0. The Morgan fingerprint density at radius 2 is 2.31 bits per heavy atom. The molecule has 6 heteroatoms. The average molecular weight is 185 g/mol. The molecule has 2 rings (SSSR count). The maximum Gasteiger partial charge on any atom is 0.182 e. The van der Waals surface area contributed by atoms with Gasteiger partial charge >= 0.3 is 0 Å². The van der Waals surface area contributed by atoms with Gasteiger partial charge in [-0.25, -0.2) is 4.98 Å². The van der Waals surface area contributed by atoms with Crippen molar-refractivity contribution in [2.75, 3.05) is 6.61 Å². The number of aromatic nitrogens is 3. The van der Waals surface area contributed by atoms with E-state index in [1.54, 1.807) is 6.92 Å². The van der Waals surface area contributed by atoms with Crippen LogP contribution in [-0.2, 0) is 4.74 Å². The smallest absolute Gasteiger partial charge is 0.182 e. The van der Waals surface area contributed by atoms with Gasteiger partial charge in [-0.3, -0.25) is 5.10 Å². The van der Waals surface area contributed by atoms with E-state index in [0.717, 1.165) is 0 Å². The van der Waals surface area contributed by atoms with Gasteiger partial charge in [0.05, 0.1) is 6.61 Å². The monoisotopic (exact) mass is 185 g/mol. The standard InChI is InChI=1S/C7H11N3O3/c1-3-8-7(10-9-3)6-5(12)4(11)2-13-6/h4-6,11-12H,2H2,1H3,(H,8,9,10). The number of aryl methyl sites for hydroxylation is 1. The summed E-state index contributed by atoms with van der Waals surface area (Å²) in [5, 5.41) is 25.1. The molecule has 0 aromatic carbocycles. The van der Waals surface area contributed by atoms with Crippen molar-refractivity contribution in [3.05, 3.63) is 11.6 Å². The highest BCUT2D eigenvalue weighted by atomic mass is 16.5. The van der Waals surface area contributed by atoms with Crippen molar-refractivity contribution in [1.29, 1.82) is 0 Å². The molecule has 1 aromatic rings. The molecular weight excluding hydrogens is 174 g/mol. The fraction of sp³-hybridized carbons (Fsp3) is 0.714. The van der Waals surface area contributed by atoms with Crippen molar-refractivity contribution < 1.29 is 14.9 Å². The molecule has 1 aliphatic rings. The largest absolute Gasteiger partial charge is 0.388 e. The van der Waals surface area contributed by atoms with Crippen LogP contribution >= 0.6 is 0 Å². The Kier molecular flexibility index (Phi) is 2.03. The number of hydrogen-bond acceptors (Lipinski definition) is 5. The predicted molar refractivity (Wildman–Crippen MR) is 41.8 cm³/mol. The molecule has 3 unspecified atom stereocenters. The van der Waals surface area contributed by atoms with Gasteiger partial charge in [0.15, 0.2) is 5.82 Å². The van der Waals surface area contributed by atoms with Gasteiger partial charge in [0.1, 0.15) is 24.1 Å². The molecule has 1 aliphatic heterocycles. The fourth-order valence-corrected chi connectivity index (χ4v) is 1.32. The Bertz CT molecular complexity index is 301. The maximum absolute atomic E-state index is 9.45. The number of nitrogens with one attached hydrogen (secondary N) is 1. The van der Waals surface area contributed by atoms with Crippen LogP contribution in [0.2, 0.25) is 0 Å². The zero-order chi connectivity index (χ0) is 9.42. The molecule has 0 spiro atoms. The molecule has 72 valence electrons. The topological polar surface area (TPSA) is 91.3 Å². The summed E-state index contributed by atoms with van der Waals surface area (Å²) in [6, 6.07) is 0. The van der Waals surface area contributed by atoms with Gasteiger partial charge in [-0.05, 0) is 6.92 Å². The van der Waals surface area contributed by atoms with Crippen LogP contribution in [0.4, 0.5) is 0 Å². The lowest BCUT2D eigenvalue weighted by Gasteiger charge is -2.10. The predicted octanol–water partition coefficient (Wildman–Crippen LogP) is -1.09. The maximum atomic E-state index is 9.45. The van der Waals surface area contributed by atoms with Crippen molar-refractivity contribution in [3.8, 4) is 0 Å². The number of aromatic amines is 1. The summed E-state index contributed by atoms with van der Waals surface area (Å²) < 4.78 is 5.13. The van der Waals surface area contributed by atoms with Crippen LogP contribution in [0.1, 0.15) is 17.8 Å². The lowest BCUT2D eigenvalue weighted by atomic mass is 10.1. The van der Waals surface area contributed by atoms with Crippen molar-refractivity contribution in [3.63, 3.8) is 0 Å². The second-order valence-electron chi connectivity index (χ2n) is 3.09. The first kappa shape index (κ1) is 8.61. The molecular formula is C7H11N3O3. The third kappa shape index (κ3) is 1.43. The first-order valence-electron chi connectivity index (χ1n) is 4.05. The third-order valence-electron chi connectivity index (χ3n) is 2.02. The summed E-state index contributed by atoms with van der Waals surface area (Å²) in [6.45, 7) is 1.88. The van der Waals surface area contributed by atoms with E-state index in [1.807, 2.05) is 0 Å². The first-order valence-corrected chi connectivity index (χ1v) is 4.05. The molecule has 3 atom stereocenters. The van der Waals surface area contributed by atoms with Gasteiger partial charge < -0.3 is 14.9 Å². The Morgan fingerprint density at radius 3 is 2.77 bits per heavy atom. The molecule has 2 heterocycles. The van der Waals surface area contributed by atoms with Crippen LogP contribution in [0, 0.1) is 6.92 Å². The van der Waals surface area contributed by atoms with Crippen LogP contribution in [0.15, 0.2) is 0 Å². The second-order valence-corrected chi connectivity index (χ2v) is 3.09. The van der Waals surface area contributed by atoms with Crippen LogP contribution in [0.3, 0.4) is 0 Å². The Balaban J connectivity index is 2.18. The number of hydrogen-bond donors (Lipinski definition) is 3. The summed E-state index contributed by atoms with van der Waals surface area (Å²) in [6.07, 6.45) is -2.39. The minimum absolute atomic E-state index is 0.124. The number of nitrogens with zero attached hydrogens (tertiary/aromatic N) is 2. The highest BCUT2D eigenvalue weighted by molar-refractivity contribution is 5.00. The molecule has 1 fully saturated rings. The van der Waals surface area contributed by atoms with Gasteiger partial charge in [-0.1, -0.05) is 0 Å². The van der Waals surface area contributed by atoms with Crippen molar-refractivity contribution in [2.24, 2.45) is 0 Å². The summed E-state index contributed by atoms with van der Waals surface area (Å²) in [4.78, 5) is 4.01. The van der Waals surface area contributed by atoms with E-state index in [-0.39, 0.29) is 6.61 Å². The highest BCUT2D eigenvalue weighted by Crippen LogP contribution is 2.26. The fourth-order valence-electron chi connectivity index (χ4n) is 1.32. The van der Waals surface area contributed by atoms with E-state index < -0.39 is 18.3 Å². The minimum Gasteiger partial charge on any atom is -0.388 e. The number of aliphatic hydroxyl groups excluding tert-OH is 2. The van der Waals surface area contributed by atoms with Gasteiger partial charge in [-0.15, -0.1) is 0 Å². The first-order chi connectivity index (χ1) is 6.18. The Morgan fingerprint density at radius 1 is 1.54 bits per heavy atom. The normalized spacial score (nSPS) is 33.9. The van der Waals surface area contributed by atoms with E-state index in [4.69, 9.17) is 4.74 Å². The van der Waals surface area contributed by atoms with E-state index in [2.05, 4.69) is 15.2 Å². The molecule has 0 aliphatic carbocycles. The van der Waals surface area contributed by atoms with Crippen LogP contribution in [0.5, 0.6) is 0 Å². The second kappa shape index (κ2) is 3.06. The Hall–Kier alpha value is -0.980. The zero-order valence-electron chi connectivity index (χ0n) is 7.14. The van der Waals surface area contributed by atoms with E-state index in [9.17, 15) is 10.2 Å². The average Bonchev–Trinajstić information content (AvgIpc) is 2.62. The van der Waals surface area contributed by atoms with Gasteiger partial charge in [0, 0.05) is 0 Å². The van der Waals surface area contributed by atoms with Gasteiger partial charge in [-0.2, -0.15) is 5.10 Å². The SMILES string of the molecule is Cc1nc(C2OCC(O)C2O)n[nH]1. The van der Waals surface area contributed by atoms with Crippen LogP contribution in [-0.4, -0.2) is 44.2 Å². The van der Waals surface area contributed by atoms with Crippen molar-refractivity contribution in [1.82, 2.24) is 15.2 Å². The molecule has 0 bridgehead atoms. The molecule has 1 saturated heterocycles. The number of aliphatic hydroxyl groups is 2. The third-order valence-corrected chi connectivity index (χ3v) is 2.02. The molecule has 3 N–H and O–H groups in total. The number of ether oxygens (including phenoxy) is 1. The number of rotatable bonds is 1. The zero-order valence-corrected chi connectivity index (χ0v) is 7.14. The van der Waals surface area contributed by atoms with E-state index in [0.29, 0.717) is 11.6 Å². The summed E-state index contributed by atoms with van der Waals surface area (Å²) in [5.41, 5.74) is 0. The highest BCUT2D eigenvalue weighted by Gasteiger charge is 2.37. The number of H-pyrrole nitrogens is 1. The molecule has 0 saturated carbocycles. The Labute approximate surface area is 74.6 Å². The lowest BCUT2D eigenvalue weighted by Crippen LogP contribution is -2.25. The molecule has 1 aromatic heterocycles. The summed E-state index contributed by atoms with van der Waals surface area (Å²) >= 11 is 0. The van der Waals surface area contributed by atoms with Crippen molar-refractivity contribution in [2.45, 2.75) is 25.2 Å². The van der Waals surface area contributed by atoms with Gasteiger partial charge in [0.25, 0.3) is 0 Å². The molecule has 0 amide bonds. The molecule has 13 heavy (non-hydrogen) atoms. The van der Waals surface area contributed by atoms with Crippen LogP contribution in [0.25, 0.3) is 0 Å². The molecule has 6 nitrogen and oxygen atoms in total. The minimum atomic E-state index is -0.935. The quantitative estimate of drug-likeness (QED) is 0.517.